The zero-order chi connectivity index (χ0) is 12.7. The van der Waals surface area contributed by atoms with Crippen molar-refractivity contribution < 1.29 is 8.78 Å². The maximum atomic E-state index is 13.6. The van der Waals surface area contributed by atoms with Gasteiger partial charge in [0.2, 0.25) is 0 Å². The second-order valence-electron chi connectivity index (χ2n) is 4.73. The molecule has 0 spiro atoms. The van der Waals surface area contributed by atoms with Gasteiger partial charge in [0.15, 0.2) is 0 Å². The molecule has 1 saturated carbocycles. The molecule has 5 heteroatoms. The lowest BCUT2D eigenvalue weighted by molar-refractivity contribution is 0.340. The Morgan fingerprint density at radius 1 is 1.28 bits per heavy atom. The molecule has 0 saturated heterocycles. The van der Waals surface area contributed by atoms with Crippen molar-refractivity contribution >= 4 is 0 Å². The van der Waals surface area contributed by atoms with Gasteiger partial charge in [-0.2, -0.15) is 0 Å². The van der Waals surface area contributed by atoms with Gasteiger partial charge in [0.25, 0.3) is 0 Å². The number of hydrogen-bond acceptors (Lipinski definition) is 2. The van der Waals surface area contributed by atoms with Crippen molar-refractivity contribution in [2.75, 3.05) is 0 Å². The van der Waals surface area contributed by atoms with E-state index in [2.05, 4.69) is 9.97 Å². The molecule has 2 aromatic rings. The Morgan fingerprint density at radius 2 is 2.06 bits per heavy atom. The lowest BCUT2D eigenvalue weighted by atomic mass is 9.80. The first kappa shape index (κ1) is 11.3. The van der Waals surface area contributed by atoms with Gasteiger partial charge in [-0.1, -0.05) is 0 Å². The van der Waals surface area contributed by atoms with E-state index in [1.807, 2.05) is 0 Å². The Balaban J connectivity index is 1.90. The number of nitrogens with zero attached hydrogens (tertiary/aromatic N) is 1. The number of imidazole rings is 1. The normalized spacial score (nSPS) is 22.8. The molecule has 0 unspecified atom stereocenters. The maximum absolute atomic E-state index is 13.6. The van der Waals surface area contributed by atoms with Crippen LogP contribution in [0.4, 0.5) is 8.78 Å². The van der Waals surface area contributed by atoms with Crippen LogP contribution in [0.2, 0.25) is 0 Å². The molecule has 0 amide bonds. The lowest BCUT2D eigenvalue weighted by Crippen LogP contribution is -2.35. The van der Waals surface area contributed by atoms with Gasteiger partial charge in [-0.3, -0.25) is 0 Å². The highest BCUT2D eigenvalue weighted by molar-refractivity contribution is 5.59. The van der Waals surface area contributed by atoms with Gasteiger partial charge in [-0.15, -0.1) is 0 Å². The average Bonchev–Trinajstić information content (AvgIpc) is 2.77. The fourth-order valence-corrected chi connectivity index (χ4v) is 2.27. The van der Waals surface area contributed by atoms with Crippen LogP contribution in [0, 0.1) is 11.6 Å². The topological polar surface area (TPSA) is 54.7 Å². The van der Waals surface area contributed by atoms with E-state index in [1.165, 1.54) is 12.3 Å². The fraction of sp³-hybridized carbons (Fsp3) is 0.308. The van der Waals surface area contributed by atoms with Gasteiger partial charge in [0.05, 0.1) is 11.9 Å². The van der Waals surface area contributed by atoms with Crippen molar-refractivity contribution in [3.63, 3.8) is 0 Å². The summed E-state index contributed by atoms with van der Waals surface area (Å²) >= 11 is 0. The lowest BCUT2D eigenvalue weighted by Gasteiger charge is -2.30. The summed E-state index contributed by atoms with van der Waals surface area (Å²) in [5, 5.41) is 0. The molecule has 0 atom stereocenters. The SMILES string of the molecule is NC1CC(c2ncc(-c3cc(F)ccc3F)[nH]2)C1. The molecule has 0 radical (unpaired) electrons. The molecule has 3 N–H and O–H groups in total. The second-order valence-corrected chi connectivity index (χ2v) is 4.73. The molecule has 0 aliphatic heterocycles. The fourth-order valence-electron chi connectivity index (χ4n) is 2.27. The summed E-state index contributed by atoms with van der Waals surface area (Å²) in [6, 6.07) is 3.61. The van der Waals surface area contributed by atoms with E-state index in [0.29, 0.717) is 11.6 Å². The molecule has 94 valence electrons. The second kappa shape index (κ2) is 4.17. The summed E-state index contributed by atoms with van der Waals surface area (Å²) < 4.78 is 26.7. The highest BCUT2D eigenvalue weighted by Crippen LogP contribution is 2.35. The molecule has 1 aromatic heterocycles. The predicted octanol–water partition coefficient (Wildman–Crippen LogP) is 2.56. The van der Waals surface area contributed by atoms with Crippen molar-refractivity contribution in [1.29, 1.82) is 0 Å². The molecule has 1 heterocycles. The van der Waals surface area contributed by atoms with Crippen LogP contribution < -0.4 is 5.73 Å². The Hall–Kier alpha value is -1.75. The molecule has 1 aliphatic carbocycles. The van der Waals surface area contributed by atoms with Crippen LogP contribution in [0.15, 0.2) is 24.4 Å². The zero-order valence-corrected chi connectivity index (χ0v) is 9.66. The number of nitrogens with two attached hydrogens (primary N) is 1. The van der Waals surface area contributed by atoms with Crippen molar-refractivity contribution in [2.45, 2.75) is 24.8 Å². The quantitative estimate of drug-likeness (QED) is 0.859. The monoisotopic (exact) mass is 249 g/mol. The summed E-state index contributed by atoms with van der Waals surface area (Å²) in [6.07, 6.45) is 3.31. The van der Waals surface area contributed by atoms with Crippen LogP contribution in [-0.4, -0.2) is 16.0 Å². The Kier molecular flexibility index (Phi) is 2.63. The largest absolute Gasteiger partial charge is 0.342 e. The van der Waals surface area contributed by atoms with Crippen molar-refractivity contribution in [1.82, 2.24) is 9.97 Å². The van der Waals surface area contributed by atoms with Crippen LogP contribution in [0.25, 0.3) is 11.3 Å². The number of rotatable bonds is 2. The third-order valence-electron chi connectivity index (χ3n) is 3.38. The van der Waals surface area contributed by atoms with Gasteiger partial charge < -0.3 is 10.7 Å². The zero-order valence-electron chi connectivity index (χ0n) is 9.66. The third-order valence-corrected chi connectivity index (χ3v) is 3.38. The number of hydrogen-bond donors (Lipinski definition) is 2. The molecular weight excluding hydrogens is 236 g/mol. The first-order valence-electron chi connectivity index (χ1n) is 5.89. The van der Waals surface area contributed by atoms with Crippen molar-refractivity contribution in [3.8, 4) is 11.3 Å². The van der Waals surface area contributed by atoms with E-state index in [4.69, 9.17) is 5.73 Å². The van der Waals surface area contributed by atoms with Gasteiger partial charge in [0.1, 0.15) is 17.5 Å². The standard InChI is InChI=1S/C13H13F2N3/c14-8-1-2-11(15)10(5-8)12-6-17-13(18-12)7-3-9(16)4-7/h1-2,5-7,9H,3-4,16H2,(H,17,18). The maximum Gasteiger partial charge on any atom is 0.132 e. The molecule has 0 bridgehead atoms. The van der Waals surface area contributed by atoms with Crippen LogP contribution >= 0.6 is 0 Å². The summed E-state index contributed by atoms with van der Waals surface area (Å²) in [4.78, 5) is 7.27. The van der Waals surface area contributed by atoms with Crippen LogP contribution in [0.5, 0.6) is 0 Å². The van der Waals surface area contributed by atoms with Gasteiger partial charge >= 0.3 is 0 Å². The predicted molar refractivity (Wildman–Crippen MR) is 63.9 cm³/mol. The number of aromatic amines is 1. The first-order chi connectivity index (χ1) is 8.63. The van der Waals surface area contributed by atoms with Crippen LogP contribution in [0.1, 0.15) is 24.6 Å². The molecule has 3 rings (SSSR count). The highest BCUT2D eigenvalue weighted by Gasteiger charge is 2.29. The minimum absolute atomic E-state index is 0.206. The van der Waals surface area contributed by atoms with E-state index in [-0.39, 0.29) is 11.6 Å². The molecular formula is C13H13F2N3. The molecule has 1 aromatic carbocycles. The van der Waals surface area contributed by atoms with E-state index in [9.17, 15) is 8.78 Å². The Labute approximate surface area is 103 Å². The number of benzene rings is 1. The molecule has 3 nitrogen and oxygen atoms in total. The summed E-state index contributed by atoms with van der Waals surface area (Å²) in [5.41, 5.74) is 6.43. The van der Waals surface area contributed by atoms with Crippen molar-refractivity contribution in [3.05, 3.63) is 41.9 Å². The molecule has 1 fully saturated rings. The minimum Gasteiger partial charge on any atom is -0.342 e. The van der Waals surface area contributed by atoms with Crippen molar-refractivity contribution in [2.24, 2.45) is 5.73 Å². The third kappa shape index (κ3) is 1.90. The van der Waals surface area contributed by atoms with E-state index in [0.717, 1.165) is 30.8 Å². The number of H-pyrrole nitrogens is 1. The summed E-state index contributed by atoms with van der Waals surface area (Å²) in [6.45, 7) is 0. The van der Waals surface area contributed by atoms with E-state index >= 15 is 0 Å². The number of aromatic nitrogens is 2. The number of nitrogens with one attached hydrogen (secondary N) is 1. The Bertz CT molecular complexity index is 573. The van der Waals surface area contributed by atoms with E-state index in [1.54, 1.807) is 0 Å². The molecule has 18 heavy (non-hydrogen) atoms. The minimum atomic E-state index is -0.465. The summed E-state index contributed by atoms with van der Waals surface area (Å²) in [7, 11) is 0. The van der Waals surface area contributed by atoms with Crippen LogP contribution in [-0.2, 0) is 0 Å². The number of halogens is 2. The average molecular weight is 249 g/mol. The van der Waals surface area contributed by atoms with E-state index < -0.39 is 11.6 Å². The van der Waals surface area contributed by atoms with Gasteiger partial charge in [-0.05, 0) is 31.0 Å². The smallest absolute Gasteiger partial charge is 0.132 e. The highest BCUT2D eigenvalue weighted by atomic mass is 19.1. The first-order valence-corrected chi connectivity index (χ1v) is 5.89. The van der Waals surface area contributed by atoms with Gasteiger partial charge in [-0.25, -0.2) is 13.8 Å². The van der Waals surface area contributed by atoms with Crippen LogP contribution in [0.3, 0.4) is 0 Å². The van der Waals surface area contributed by atoms with Gasteiger partial charge in [0, 0.05) is 17.5 Å². The summed E-state index contributed by atoms with van der Waals surface area (Å²) in [5.74, 6) is 0.186. The Morgan fingerprint density at radius 3 is 2.78 bits per heavy atom. The molecule has 1 aliphatic rings.